The summed E-state index contributed by atoms with van der Waals surface area (Å²) in [5.74, 6) is 0.0826. The largest absolute Gasteiger partial charge is 0.383 e. The van der Waals surface area contributed by atoms with E-state index in [-0.39, 0.29) is 5.91 Å². The van der Waals surface area contributed by atoms with E-state index in [4.69, 9.17) is 14.8 Å². The molecule has 1 aliphatic heterocycles. The summed E-state index contributed by atoms with van der Waals surface area (Å²) in [7, 11) is 1.67. The molecule has 6 heteroatoms. The first-order valence-corrected chi connectivity index (χ1v) is 13.0. The van der Waals surface area contributed by atoms with Crippen molar-refractivity contribution in [3.8, 4) is 22.4 Å². The van der Waals surface area contributed by atoms with Crippen LogP contribution in [0.4, 0.5) is 0 Å². The Kier molecular flexibility index (Phi) is 5.72. The van der Waals surface area contributed by atoms with Gasteiger partial charge in [0.05, 0.1) is 18.5 Å². The van der Waals surface area contributed by atoms with Gasteiger partial charge in [0.25, 0.3) is 5.91 Å². The Bertz CT molecular complexity index is 1270. The second kappa shape index (κ2) is 8.90. The first-order valence-electron chi connectivity index (χ1n) is 13.0. The number of rotatable bonds is 7. The number of carbonyl (C=O) groups is 1. The van der Waals surface area contributed by atoms with Crippen LogP contribution in [0.25, 0.3) is 22.4 Å². The summed E-state index contributed by atoms with van der Waals surface area (Å²) < 4.78 is 7.31. The van der Waals surface area contributed by atoms with Gasteiger partial charge < -0.3 is 9.64 Å². The molecule has 182 valence electrons. The molecule has 6 nitrogen and oxygen atoms in total. The number of hydrogen-bond donors (Lipinski definition) is 0. The molecule has 0 saturated heterocycles. The Morgan fingerprint density at radius 3 is 2.71 bits per heavy atom. The fourth-order valence-corrected chi connectivity index (χ4v) is 6.17. The number of aryl methyl sites for hydroxylation is 2. The van der Waals surface area contributed by atoms with Crippen molar-refractivity contribution in [1.29, 1.82) is 0 Å². The van der Waals surface area contributed by atoms with Crippen molar-refractivity contribution in [1.82, 2.24) is 19.7 Å². The van der Waals surface area contributed by atoms with Crippen LogP contribution in [0.5, 0.6) is 0 Å². The molecular weight excluding hydrogens is 436 g/mol. The number of aromatic nitrogens is 3. The second-order valence-electron chi connectivity index (χ2n) is 10.9. The smallest absolute Gasteiger partial charge is 0.254 e. The number of carbonyl (C=O) groups excluding carboxylic acids is 1. The van der Waals surface area contributed by atoms with Crippen molar-refractivity contribution in [2.75, 3.05) is 20.3 Å². The van der Waals surface area contributed by atoms with Crippen LogP contribution in [0.1, 0.15) is 66.2 Å². The minimum Gasteiger partial charge on any atom is -0.383 e. The van der Waals surface area contributed by atoms with Crippen molar-refractivity contribution < 1.29 is 9.53 Å². The van der Waals surface area contributed by atoms with E-state index in [0.717, 1.165) is 59.3 Å². The van der Waals surface area contributed by atoms with Gasteiger partial charge in [-0.05, 0) is 60.8 Å². The van der Waals surface area contributed by atoms with Gasteiger partial charge in [-0.1, -0.05) is 31.9 Å². The van der Waals surface area contributed by atoms with Crippen molar-refractivity contribution in [3.05, 3.63) is 59.0 Å². The molecule has 3 aromatic rings. The topological polar surface area (TPSA) is 60.2 Å². The zero-order valence-corrected chi connectivity index (χ0v) is 20.8. The number of fused-ring (bicyclic) bond motifs is 2. The molecular formula is C29H34N4O2. The number of nitrogens with zero attached hydrogens (tertiary/aromatic N) is 4. The van der Waals surface area contributed by atoms with Gasteiger partial charge in [0.15, 0.2) is 0 Å². The minimum absolute atomic E-state index is 0.0826. The Balaban J connectivity index is 1.36. The lowest BCUT2D eigenvalue weighted by molar-refractivity contribution is 0.0719. The van der Waals surface area contributed by atoms with Crippen LogP contribution >= 0.6 is 0 Å². The molecule has 2 aliphatic carbocycles. The van der Waals surface area contributed by atoms with Gasteiger partial charge in [-0.2, -0.15) is 5.10 Å². The Morgan fingerprint density at radius 2 is 1.89 bits per heavy atom. The highest BCUT2D eigenvalue weighted by Crippen LogP contribution is 2.40. The van der Waals surface area contributed by atoms with Gasteiger partial charge in [-0.3, -0.25) is 14.5 Å². The van der Waals surface area contributed by atoms with Crippen molar-refractivity contribution in [2.24, 2.45) is 5.41 Å². The summed E-state index contributed by atoms with van der Waals surface area (Å²) in [4.78, 5) is 20.1. The van der Waals surface area contributed by atoms with Crippen molar-refractivity contribution >= 4 is 5.91 Å². The Morgan fingerprint density at radius 1 is 1.03 bits per heavy atom. The number of methoxy groups -OCH3 is 1. The highest BCUT2D eigenvalue weighted by Gasteiger charge is 2.30. The molecule has 1 saturated carbocycles. The van der Waals surface area contributed by atoms with E-state index in [0.29, 0.717) is 25.1 Å². The lowest BCUT2D eigenvalue weighted by Crippen LogP contribution is -2.27. The van der Waals surface area contributed by atoms with Gasteiger partial charge in [-0.25, -0.2) is 0 Å². The Hall–Kier alpha value is -2.99. The van der Waals surface area contributed by atoms with E-state index < -0.39 is 0 Å². The van der Waals surface area contributed by atoms with Gasteiger partial charge in [0.2, 0.25) is 0 Å². The molecule has 0 atom stereocenters. The molecule has 1 fully saturated rings. The lowest BCUT2D eigenvalue weighted by Gasteiger charge is -2.23. The quantitative estimate of drug-likeness (QED) is 0.471. The number of benzene rings is 1. The fraction of sp³-hybridized carbons (Fsp3) is 0.483. The first kappa shape index (κ1) is 22.5. The summed E-state index contributed by atoms with van der Waals surface area (Å²) in [5, 5.41) is 4.75. The molecule has 1 amide bonds. The van der Waals surface area contributed by atoms with E-state index in [1.165, 1.54) is 36.9 Å². The average molecular weight is 471 g/mol. The molecule has 1 aromatic carbocycles. The van der Waals surface area contributed by atoms with Crippen molar-refractivity contribution in [3.63, 3.8) is 0 Å². The van der Waals surface area contributed by atoms with Crippen LogP contribution in [0.15, 0.2) is 36.7 Å². The lowest BCUT2D eigenvalue weighted by atomic mass is 9.89. The summed E-state index contributed by atoms with van der Waals surface area (Å²) in [5.41, 5.74) is 8.95. The first-order chi connectivity index (χ1) is 17.0. The SMILES string of the molecule is COCCN1Cc2ccc(-c3nc4c(cc3-c3cnn(CC5(C)CCCC5)c3)CCC4)cc2C1=O. The maximum Gasteiger partial charge on any atom is 0.254 e. The molecule has 0 bridgehead atoms. The Labute approximate surface area is 207 Å². The van der Waals surface area contributed by atoms with E-state index in [9.17, 15) is 4.79 Å². The normalized spacial score (nSPS) is 18.3. The maximum atomic E-state index is 13.1. The molecule has 0 N–H and O–H groups in total. The zero-order valence-electron chi connectivity index (χ0n) is 20.8. The molecule has 3 heterocycles. The van der Waals surface area contributed by atoms with E-state index >= 15 is 0 Å². The molecule has 0 radical (unpaired) electrons. The number of amides is 1. The summed E-state index contributed by atoms with van der Waals surface area (Å²) >= 11 is 0. The van der Waals surface area contributed by atoms with E-state index in [1.54, 1.807) is 7.11 Å². The van der Waals surface area contributed by atoms with Gasteiger partial charge in [-0.15, -0.1) is 0 Å². The highest BCUT2D eigenvalue weighted by atomic mass is 16.5. The predicted molar refractivity (Wildman–Crippen MR) is 136 cm³/mol. The summed E-state index contributed by atoms with van der Waals surface area (Å²) in [6.07, 6.45) is 12.6. The van der Waals surface area contributed by atoms with Crippen LogP contribution in [0.2, 0.25) is 0 Å². The van der Waals surface area contributed by atoms with Crippen LogP contribution in [0.3, 0.4) is 0 Å². The van der Waals surface area contributed by atoms with Crippen LogP contribution in [0, 0.1) is 5.41 Å². The van der Waals surface area contributed by atoms with Crippen LogP contribution < -0.4 is 0 Å². The summed E-state index contributed by atoms with van der Waals surface area (Å²) in [6.45, 7) is 5.16. The monoisotopic (exact) mass is 470 g/mol. The third kappa shape index (κ3) is 4.18. The number of ether oxygens (including phenoxy) is 1. The van der Waals surface area contributed by atoms with Crippen molar-refractivity contribution in [2.45, 2.75) is 65.0 Å². The maximum absolute atomic E-state index is 13.1. The zero-order chi connectivity index (χ0) is 24.0. The molecule has 0 spiro atoms. The third-order valence-electron chi connectivity index (χ3n) is 8.18. The average Bonchev–Trinajstić information content (AvgIpc) is 3.65. The van der Waals surface area contributed by atoms with Gasteiger partial charge >= 0.3 is 0 Å². The standard InChI is InChI=1S/C29H34N4O2/c1-29(10-3-4-11-29)19-33-18-23(16-30-33)24-14-20-6-5-7-26(20)31-27(24)21-8-9-22-17-32(12-13-35-2)28(34)25(22)15-21/h8-9,14-16,18H,3-7,10-13,17,19H2,1-2H3. The van der Waals surface area contributed by atoms with E-state index in [2.05, 4.69) is 36.0 Å². The van der Waals surface area contributed by atoms with E-state index in [1.807, 2.05) is 17.2 Å². The number of pyridine rings is 1. The molecule has 0 unspecified atom stereocenters. The molecule has 6 rings (SSSR count). The number of hydrogen-bond acceptors (Lipinski definition) is 4. The molecule has 2 aromatic heterocycles. The minimum atomic E-state index is 0.0826. The molecule has 3 aliphatic rings. The third-order valence-corrected chi connectivity index (χ3v) is 8.18. The predicted octanol–water partition coefficient (Wildman–Crippen LogP) is 5.28. The van der Waals surface area contributed by atoms with Gasteiger partial charge in [0.1, 0.15) is 0 Å². The fourth-order valence-electron chi connectivity index (χ4n) is 6.17. The summed E-state index contributed by atoms with van der Waals surface area (Å²) in [6, 6.07) is 8.59. The van der Waals surface area contributed by atoms with Crippen LogP contribution in [-0.2, 0) is 30.7 Å². The second-order valence-corrected chi connectivity index (χ2v) is 10.9. The van der Waals surface area contributed by atoms with Crippen LogP contribution in [-0.4, -0.2) is 45.8 Å². The van der Waals surface area contributed by atoms with Gasteiger partial charge in [0, 0.05) is 60.9 Å². The highest BCUT2D eigenvalue weighted by molar-refractivity contribution is 6.00. The molecule has 35 heavy (non-hydrogen) atoms.